The Balaban J connectivity index is 1.95. The highest BCUT2D eigenvalue weighted by molar-refractivity contribution is 5.42. The van der Waals surface area contributed by atoms with Crippen molar-refractivity contribution in [1.29, 1.82) is 0 Å². The number of methoxy groups -OCH3 is 1. The zero-order valence-corrected chi connectivity index (χ0v) is 9.81. The minimum atomic E-state index is 0.766. The van der Waals surface area contributed by atoms with Gasteiger partial charge in [-0.05, 0) is 36.8 Å². The highest BCUT2D eigenvalue weighted by atomic mass is 16.5. The Bertz CT molecular complexity index is 463. The molecule has 0 bridgehead atoms. The summed E-state index contributed by atoms with van der Waals surface area (Å²) in [5.74, 6) is 0.872. The van der Waals surface area contributed by atoms with Gasteiger partial charge in [0, 0.05) is 12.2 Å². The van der Waals surface area contributed by atoms with Crippen LogP contribution in [0.3, 0.4) is 0 Å². The normalized spacial score (nSPS) is 10.0. The average Bonchev–Trinajstić information content (AvgIpc) is 2.39. The first-order chi connectivity index (χ1) is 8.28. The number of benzene rings is 1. The predicted octanol–water partition coefficient (Wildman–Crippen LogP) is 2.88. The summed E-state index contributed by atoms with van der Waals surface area (Å²) in [6.07, 6.45) is 1.78. The average molecular weight is 227 g/mol. The molecule has 0 amide bonds. The SMILES string of the molecule is [CH2]c1ccc(NCc2ccc(OC)cc2)cn1. The van der Waals surface area contributed by atoms with Gasteiger partial charge in [0.2, 0.25) is 0 Å². The number of aromatic nitrogens is 1. The molecule has 2 rings (SSSR count). The first-order valence-corrected chi connectivity index (χ1v) is 5.43. The molecule has 0 atom stereocenters. The molecule has 1 aromatic carbocycles. The van der Waals surface area contributed by atoms with Crippen LogP contribution in [0.4, 0.5) is 5.69 Å². The fraction of sp³-hybridized carbons (Fsp3) is 0.143. The quantitative estimate of drug-likeness (QED) is 0.872. The van der Waals surface area contributed by atoms with Crippen LogP contribution < -0.4 is 10.1 Å². The van der Waals surface area contributed by atoms with Gasteiger partial charge < -0.3 is 10.1 Å². The predicted molar refractivity (Wildman–Crippen MR) is 69.0 cm³/mol. The summed E-state index contributed by atoms with van der Waals surface area (Å²) in [4.78, 5) is 4.13. The molecule has 0 unspecified atom stereocenters. The molecule has 1 N–H and O–H groups in total. The van der Waals surface area contributed by atoms with Crippen LogP contribution in [-0.4, -0.2) is 12.1 Å². The van der Waals surface area contributed by atoms with Crippen molar-refractivity contribution < 1.29 is 4.74 Å². The second kappa shape index (κ2) is 5.34. The van der Waals surface area contributed by atoms with E-state index in [1.807, 2.05) is 36.4 Å². The van der Waals surface area contributed by atoms with Crippen molar-refractivity contribution in [3.05, 3.63) is 60.8 Å². The van der Waals surface area contributed by atoms with E-state index < -0.39 is 0 Å². The first-order valence-electron chi connectivity index (χ1n) is 5.43. The lowest BCUT2D eigenvalue weighted by molar-refractivity contribution is 0.414. The van der Waals surface area contributed by atoms with Crippen LogP contribution in [-0.2, 0) is 6.54 Å². The second-order valence-corrected chi connectivity index (χ2v) is 3.74. The summed E-state index contributed by atoms with van der Waals surface area (Å²) >= 11 is 0. The molecule has 0 saturated heterocycles. The third-order valence-electron chi connectivity index (χ3n) is 2.48. The fourth-order valence-corrected chi connectivity index (χ4v) is 1.48. The lowest BCUT2D eigenvalue weighted by Crippen LogP contribution is -1.99. The molecule has 3 heteroatoms. The highest BCUT2D eigenvalue weighted by Crippen LogP contribution is 2.13. The standard InChI is InChI=1S/C14H15N2O/c1-11-3-6-13(10-15-11)16-9-12-4-7-14(17-2)8-5-12/h3-8,10,16H,1,9H2,2H3. The summed E-state index contributed by atoms with van der Waals surface area (Å²) in [6.45, 7) is 4.51. The third-order valence-corrected chi connectivity index (χ3v) is 2.48. The van der Waals surface area contributed by atoms with E-state index in [4.69, 9.17) is 4.74 Å². The molecule has 0 aliphatic rings. The Morgan fingerprint density at radius 2 is 1.94 bits per heavy atom. The van der Waals surface area contributed by atoms with Crippen LogP contribution in [0.25, 0.3) is 0 Å². The molecule has 87 valence electrons. The molecule has 0 aliphatic heterocycles. The van der Waals surface area contributed by atoms with Crippen LogP contribution in [0.1, 0.15) is 11.3 Å². The summed E-state index contributed by atoms with van der Waals surface area (Å²) in [7, 11) is 1.67. The molecule has 0 saturated carbocycles. The van der Waals surface area contributed by atoms with Crippen LogP contribution in [0.2, 0.25) is 0 Å². The van der Waals surface area contributed by atoms with Gasteiger partial charge in [0.1, 0.15) is 5.75 Å². The fourth-order valence-electron chi connectivity index (χ4n) is 1.48. The van der Waals surface area contributed by atoms with Crippen molar-refractivity contribution in [1.82, 2.24) is 4.98 Å². The van der Waals surface area contributed by atoms with Crippen LogP contribution in [0, 0.1) is 6.92 Å². The Morgan fingerprint density at radius 1 is 1.18 bits per heavy atom. The maximum Gasteiger partial charge on any atom is 0.118 e. The number of pyridine rings is 1. The first kappa shape index (κ1) is 11.5. The monoisotopic (exact) mass is 227 g/mol. The van der Waals surface area contributed by atoms with E-state index >= 15 is 0 Å². The van der Waals surface area contributed by atoms with Crippen LogP contribution >= 0.6 is 0 Å². The summed E-state index contributed by atoms with van der Waals surface area (Å²) in [6, 6.07) is 11.8. The van der Waals surface area contributed by atoms with E-state index in [2.05, 4.69) is 17.2 Å². The minimum Gasteiger partial charge on any atom is -0.497 e. The van der Waals surface area contributed by atoms with Crippen molar-refractivity contribution in [2.45, 2.75) is 6.54 Å². The molecule has 1 aromatic heterocycles. The van der Waals surface area contributed by atoms with Gasteiger partial charge in [-0.25, -0.2) is 0 Å². The molecule has 0 aliphatic carbocycles. The van der Waals surface area contributed by atoms with E-state index in [1.54, 1.807) is 13.3 Å². The van der Waals surface area contributed by atoms with Gasteiger partial charge in [-0.3, -0.25) is 4.98 Å². The lowest BCUT2D eigenvalue weighted by atomic mass is 10.2. The Labute approximate surface area is 101 Å². The number of anilines is 1. The van der Waals surface area contributed by atoms with Gasteiger partial charge in [0.15, 0.2) is 0 Å². The maximum absolute atomic E-state index is 5.11. The molecule has 3 nitrogen and oxygen atoms in total. The van der Waals surface area contributed by atoms with E-state index in [0.29, 0.717) is 0 Å². The Morgan fingerprint density at radius 3 is 2.53 bits per heavy atom. The molecule has 0 spiro atoms. The van der Waals surface area contributed by atoms with Crippen molar-refractivity contribution in [2.75, 3.05) is 12.4 Å². The lowest BCUT2D eigenvalue weighted by Gasteiger charge is -2.07. The molecule has 1 radical (unpaired) electrons. The minimum absolute atomic E-state index is 0.766. The van der Waals surface area contributed by atoms with E-state index in [-0.39, 0.29) is 0 Å². The summed E-state index contributed by atoms with van der Waals surface area (Å²) in [5.41, 5.74) is 2.97. The molecular weight excluding hydrogens is 212 g/mol. The highest BCUT2D eigenvalue weighted by Gasteiger charge is 1.95. The van der Waals surface area contributed by atoms with Gasteiger partial charge in [-0.15, -0.1) is 0 Å². The summed E-state index contributed by atoms with van der Waals surface area (Å²) < 4.78 is 5.11. The van der Waals surface area contributed by atoms with Crippen molar-refractivity contribution in [2.24, 2.45) is 0 Å². The Hall–Kier alpha value is -2.03. The van der Waals surface area contributed by atoms with Crippen LogP contribution in [0.15, 0.2) is 42.6 Å². The third kappa shape index (κ3) is 3.21. The Kier molecular flexibility index (Phi) is 3.60. The topological polar surface area (TPSA) is 34.1 Å². The van der Waals surface area contributed by atoms with Crippen molar-refractivity contribution >= 4 is 5.69 Å². The van der Waals surface area contributed by atoms with Crippen molar-refractivity contribution in [3.63, 3.8) is 0 Å². The molecular formula is C14H15N2O. The number of ether oxygens (including phenoxy) is 1. The van der Waals surface area contributed by atoms with Crippen molar-refractivity contribution in [3.8, 4) is 5.75 Å². The molecule has 1 heterocycles. The van der Waals surface area contributed by atoms with Gasteiger partial charge in [-0.1, -0.05) is 12.1 Å². The maximum atomic E-state index is 5.11. The zero-order chi connectivity index (χ0) is 12.1. The van der Waals surface area contributed by atoms with Gasteiger partial charge >= 0.3 is 0 Å². The molecule has 2 aromatic rings. The van der Waals surface area contributed by atoms with Gasteiger partial charge in [-0.2, -0.15) is 0 Å². The molecule has 17 heavy (non-hydrogen) atoms. The van der Waals surface area contributed by atoms with E-state index in [1.165, 1.54) is 5.56 Å². The number of hydrogen-bond acceptors (Lipinski definition) is 3. The smallest absolute Gasteiger partial charge is 0.118 e. The number of rotatable bonds is 4. The van der Waals surface area contributed by atoms with E-state index in [9.17, 15) is 0 Å². The van der Waals surface area contributed by atoms with E-state index in [0.717, 1.165) is 23.7 Å². The second-order valence-electron chi connectivity index (χ2n) is 3.74. The number of nitrogens with one attached hydrogen (secondary N) is 1. The number of nitrogens with zero attached hydrogens (tertiary/aromatic N) is 1. The van der Waals surface area contributed by atoms with Crippen LogP contribution in [0.5, 0.6) is 5.75 Å². The number of hydrogen-bond donors (Lipinski definition) is 1. The van der Waals surface area contributed by atoms with Gasteiger partial charge in [0.25, 0.3) is 0 Å². The zero-order valence-electron chi connectivity index (χ0n) is 9.81. The summed E-state index contributed by atoms with van der Waals surface area (Å²) in [5, 5.41) is 3.29. The molecule has 0 fully saturated rings. The largest absolute Gasteiger partial charge is 0.497 e. The van der Waals surface area contributed by atoms with Gasteiger partial charge in [0.05, 0.1) is 19.0 Å².